The molecule has 6 heteroatoms. The summed E-state index contributed by atoms with van der Waals surface area (Å²) in [5.74, 6) is -0.486. The zero-order valence-electron chi connectivity index (χ0n) is 12.3. The zero-order chi connectivity index (χ0) is 15.1. The molecule has 0 bridgehead atoms. The minimum Gasteiger partial charge on any atom is -0.462 e. The smallest absolute Gasteiger partial charge is 0.339 e. The number of nitrogens with one attached hydrogen (secondary N) is 1. The molecule has 1 heterocycles. The number of carbonyl (C=O) groups is 2. The molecule has 1 amide bonds. The van der Waals surface area contributed by atoms with E-state index in [4.69, 9.17) is 9.47 Å². The van der Waals surface area contributed by atoms with Crippen LogP contribution in [-0.4, -0.2) is 38.2 Å². The molecule has 1 aromatic rings. The predicted molar refractivity (Wildman–Crippen MR) is 78.2 cm³/mol. The summed E-state index contributed by atoms with van der Waals surface area (Å²) in [7, 11) is 1.60. The van der Waals surface area contributed by atoms with Crippen LogP contribution >= 0.6 is 11.3 Å². The summed E-state index contributed by atoms with van der Waals surface area (Å²) in [5, 5.41) is 4.65. The van der Waals surface area contributed by atoms with E-state index in [9.17, 15) is 9.59 Å². The van der Waals surface area contributed by atoms with Gasteiger partial charge in [-0.25, -0.2) is 4.79 Å². The Hall–Kier alpha value is -1.40. The van der Waals surface area contributed by atoms with Crippen molar-refractivity contribution in [2.45, 2.75) is 33.3 Å². The van der Waals surface area contributed by atoms with Gasteiger partial charge in [0.1, 0.15) is 0 Å². The van der Waals surface area contributed by atoms with Crippen LogP contribution < -0.4 is 5.32 Å². The lowest BCUT2D eigenvalue weighted by molar-refractivity contribution is -0.120. The highest BCUT2D eigenvalue weighted by Gasteiger charge is 2.19. The lowest BCUT2D eigenvalue weighted by Gasteiger charge is -2.11. The molecule has 112 valence electrons. The summed E-state index contributed by atoms with van der Waals surface area (Å²) in [6.07, 6.45) is 0.150. The Balaban J connectivity index is 2.68. The molecule has 0 aliphatic carbocycles. The number of aryl methyl sites for hydroxylation is 1. The largest absolute Gasteiger partial charge is 0.462 e. The van der Waals surface area contributed by atoms with E-state index in [0.717, 1.165) is 10.4 Å². The van der Waals surface area contributed by atoms with E-state index < -0.39 is 0 Å². The van der Waals surface area contributed by atoms with E-state index in [1.54, 1.807) is 14.0 Å². The molecule has 5 nitrogen and oxygen atoms in total. The number of carbonyl (C=O) groups excluding carboxylic acids is 2. The van der Waals surface area contributed by atoms with Crippen LogP contribution in [0.3, 0.4) is 0 Å². The number of hydrogen-bond acceptors (Lipinski definition) is 5. The standard InChI is InChI=1S/C14H21NO4S/c1-5-19-14(17)13-9(2)8-20-11(13)6-12(16)15-7-10(3)18-4/h8,10H,5-7H2,1-4H3,(H,15,16). The van der Waals surface area contributed by atoms with Crippen molar-refractivity contribution in [3.05, 3.63) is 21.4 Å². The summed E-state index contributed by atoms with van der Waals surface area (Å²) in [6, 6.07) is 0. The maximum atomic E-state index is 11.9. The Morgan fingerprint density at radius 1 is 1.45 bits per heavy atom. The van der Waals surface area contributed by atoms with Gasteiger partial charge in [-0.3, -0.25) is 4.79 Å². The minimum absolute atomic E-state index is 0.0338. The van der Waals surface area contributed by atoms with E-state index in [1.165, 1.54) is 11.3 Å². The topological polar surface area (TPSA) is 64.6 Å². The maximum Gasteiger partial charge on any atom is 0.339 e. The molecule has 0 saturated carbocycles. The number of methoxy groups -OCH3 is 1. The Labute approximate surface area is 123 Å². The maximum absolute atomic E-state index is 11.9. The summed E-state index contributed by atoms with van der Waals surface area (Å²) in [6.45, 7) is 6.26. The highest BCUT2D eigenvalue weighted by molar-refractivity contribution is 7.10. The number of rotatable bonds is 7. The van der Waals surface area contributed by atoms with Crippen molar-refractivity contribution >= 4 is 23.2 Å². The van der Waals surface area contributed by atoms with Gasteiger partial charge >= 0.3 is 5.97 Å². The molecule has 0 saturated heterocycles. The van der Waals surface area contributed by atoms with E-state index in [1.807, 2.05) is 19.2 Å². The van der Waals surface area contributed by atoms with Crippen molar-refractivity contribution in [2.75, 3.05) is 20.3 Å². The van der Waals surface area contributed by atoms with Crippen LogP contribution in [0.25, 0.3) is 0 Å². The van der Waals surface area contributed by atoms with Gasteiger partial charge < -0.3 is 14.8 Å². The molecule has 1 aromatic heterocycles. The first-order valence-corrected chi connectivity index (χ1v) is 7.41. The Morgan fingerprint density at radius 2 is 2.15 bits per heavy atom. The molecule has 0 aromatic carbocycles. The second-order valence-corrected chi connectivity index (χ2v) is 5.43. The highest BCUT2D eigenvalue weighted by atomic mass is 32.1. The zero-order valence-corrected chi connectivity index (χ0v) is 13.1. The summed E-state index contributed by atoms with van der Waals surface area (Å²) in [4.78, 5) is 24.5. The first-order chi connectivity index (χ1) is 9.49. The number of esters is 1. The molecule has 0 spiro atoms. The minimum atomic E-state index is -0.362. The first kappa shape index (κ1) is 16.7. The normalized spacial score (nSPS) is 12.0. The molecule has 1 unspecified atom stereocenters. The first-order valence-electron chi connectivity index (χ1n) is 6.53. The van der Waals surface area contributed by atoms with Crippen molar-refractivity contribution in [1.82, 2.24) is 5.32 Å². The average molecular weight is 299 g/mol. The highest BCUT2D eigenvalue weighted by Crippen LogP contribution is 2.23. The number of hydrogen-bond donors (Lipinski definition) is 1. The Bertz CT molecular complexity index is 470. The molecule has 0 aliphatic heterocycles. The second-order valence-electron chi connectivity index (χ2n) is 4.46. The van der Waals surface area contributed by atoms with Crippen LogP contribution in [0.2, 0.25) is 0 Å². The molecular weight excluding hydrogens is 278 g/mol. The van der Waals surface area contributed by atoms with Crippen molar-refractivity contribution < 1.29 is 19.1 Å². The van der Waals surface area contributed by atoms with Crippen LogP contribution in [0.4, 0.5) is 0 Å². The van der Waals surface area contributed by atoms with Crippen molar-refractivity contribution in [1.29, 1.82) is 0 Å². The molecular formula is C14H21NO4S. The van der Waals surface area contributed by atoms with Gasteiger partial charge in [-0.15, -0.1) is 11.3 Å². The Kier molecular flexibility index (Phi) is 6.67. The summed E-state index contributed by atoms with van der Waals surface area (Å²) >= 11 is 1.41. The lowest BCUT2D eigenvalue weighted by Crippen LogP contribution is -2.32. The molecule has 0 aliphatic rings. The van der Waals surface area contributed by atoms with Gasteiger partial charge in [0, 0.05) is 18.5 Å². The SMILES string of the molecule is CCOC(=O)c1c(C)csc1CC(=O)NCC(C)OC. The van der Waals surface area contributed by atoms with E-state index in [-0.39, 0.29) is 24.4 Å². The Morgan fingerprint density at radius 3 is 2.75 bits per heavy atom. The van der Waals surface area contributed by atoms with Gasteiger partial charge in [0.15, 0.2) is 0 Å². The van der Waals surface area contributed by atoms with Crippen LogP contribution in [0, 0.1) is 6.92 Å². The molecule has 1 rings (SSSR count). The third-order valence-electron chi connectivity index (χ3n) is 2.84. The van der Waals surface area contributed by atoms with Crippen LogP contribution in [0.1, 0.15) is 34.6 Å². The van der Waals surface area contributed by atoms with E-state index in [2.05, 4.69) is 5.32 Å². The number of ether oxygens (including phenoxy) is 2. The fraction of sp³-hybridized carbons (Fsp3) is 0.571. The molecule has 1 N–H and O–H groups in total. The monoisotopic (exact) mass is 299 g/mol. The van der Waals surface area contributed by atoms with Crippen molar-refractivity contribution in [3.8, 4) is 0 Å². The molecule has 0 fully saturated rings. The third-order valence-corrected chi connectivity index (χ3v) is 3.95. The van der Waals surface area contributed by atoms with Gasteiger partial charge in [-0.05, 0) is 31.7 Å². The van der Waals surface area contributed by atoms with Crippen LogP contribution in [-0.2, 0) is 20.7 Å². The quantitative estimate of drug-likeness (QED) is 0.781. The van der Waals surface area contributed by atoms with E-state index >= 15 is 0 Å². The number of thiophene rings is 1. The van der Waals surface area contributed by atoms with Crippen molar-refractivity contribution in [3.63, 3.8) is 0 Å². The van der Waals surface area contributed by atoms with Gasteiger partial charge in [0.05, 0.1) is 24.7 Å². The predicted octanol–water partition coefficient (Wildman–Crippen LogP) is 1.93. The van der Waals surface area contributed by atoms with Gasteiger partial charge in [0.2, 0.25) is 5.91 Å². The van der Waals surface area contributed by atoms with Crippen molar-refractivity contribution in [2.24, 2.45) is 0 Å². The lowest BCUT2D eigenvalue weighted by atomic mass is 10.1. The average Bonchev–Trinajstić information content (AvgIpc) is 2.77. The van der Waals surface area contributed by atoms with Gasteiger partial charge in [-0.1, -0.05) is 0 Å². The van der Waals surface area contributed by atoms with Crippen LogP contribution in [0.15, 0.2) is 5.38 Å². The number of amides is 1. The summed E-state index contributed by atoms with van der Waals surface area (Å²) in [5.41, 5.74) is 1.37. The second kappa shape index (κ2) is 8.01. The fourth-order valence-electron chi connectivity index (χ4n) is 1.65. The molecule has 0 radical (unpaired) electrons. The molecule has 20 heavy (non-hydrogen) atoms. The van der Waals surface area contributed by atoms with E-state index in [0.29, 0.717) is 18.7 Å². The third kappa shape index (κ3) is 4.61. The van der Waals surface area contributed by atoms with Gasteiger partial charge in [0.25, 0.3) is 0 Å². The van der Waals surface area contributed by atoms with Gasteiger partial charge in [-0.2, -0.15) is 0 Å². The molecule has 1 atom stereocenters. The summed E-state index contributed by atoms with van der Waals surface area (Å²) < 4.78 is 10.1. The van der Waals surface area contributed by atoms with Crippen LogP contribution in [0.5, 0.6) is 0 Å². The fourth-order valence-corrected chi connectivity index (χ4v) is 2.67.